The molecule has 1 amide bonds. The molecular formula is C14H15ClN4OS. The first-order valence-electron chi connectivity index (χ1n) is 6.38. The van der Waals surface area contributed by atoms with Crippen molar-refractivity contribution in [1.82, 2.24) is 15.3 Å². The summed E-state index contributed by atoms with van der Waals surface area (Å²) in [6.45, 7) is 2.25. The Kier molecular flexibility index (Phi) is 5.41. The van der Waals surface area contributed by atoms with Crippen molar-refractivity contribution in [1.29, 1.82) is 0 Å². The second kappa shape index (κ2) is 7.28. The van der Waals surface area contributed by atoms with Gasteiger partial charge in [-0.25, -0.2) is 9.97 Å². The molecule has 0 spiro atoms. The maximum atomic E-state index is 12.3. The lowest BCUT2D eigenvalue weighted by Crippen LogP contribution is -2.24. The summed E-state index contributed by atoms with van der Waals surface area (Å²) in [5.41, 5.74) is 6.17. The molecule has 0 bridgehead atoms. The van der Waals surface area contributed by atoms with Crippen LogP contribution in [0.3, 0.4) is 0 Å². The van der Waals surface area contributed by atoms with Crippen LogP contribution in [0, 0.1) is 0 Å². The van der Waals surface area contributed by atoms with E-state index < -0.39 is 0 Å². The molecule has 0 unspecified atom stereocenters. The Morgan fingerprint density at radius 1 is 1.43 bits per heavy atom. The Morgan fingerprint density at radius 3 is 2.95 bits per heavy atom. The van der Waals surface area contributed by atoms with Crippen LogP contribution in [-0.4, -0.2) is 21.6 Å². The van der Waals surface area contributed by atoms with Gasteiger partial charge in [0.1, 0.15) is 11.6 Å². The van der Waals surface area contributed by atoms with Crippen LogP contribution in [0.5, 0.6) is 0 Å². The molecule has 0 atom stereocenters. The number of hydrogen-bond acceptors (Lipinski definition) is 5. The molecular weight excluding hydrogens is 308 g/mol. The van der Waals surface area contributed by atoms with Gasteiger partial charge in [-0.15, -0.1) is 11.8 Å². The number of anilines is 1. The van der Waals surface area contributed by atoms with E-state index in [0.29, 0.717) is 22.2 Å². The predicted octanol–water partition coefficient (Wildman–Crippen LogP) is 2.75. The van der Waals surface area contributed by atoms with Crippen molar-refractivity contribution in [2.45, 2.75) is 18.4 Å². The molecule has 2 rings (SSSR count). The number of halogens is 1. The van der Waals surface area contributed by atoms with E-state index in [1.165, 1.54) is 0 Å². The molecule has 0 aliphatic carbocycles. The number of aromatic nitrogens is 2. The fraction of sp³-hybridized carbons (Fsp3) is 0.214. The molecule has 1 heterocycles. The van der Waals surface area contributed by atoms with Crippen molar-refractivity contribution in [2.75, 3.05) is 11.5 Å². The number of nitrogens with one attached hydrogen (secondary N) is 1. The van der Waals surface area contributed by atoms with Crippen molar-refractivity contribution in [3.05, 3.63) is 46.9 Å². The Balaban J connectivity index is 2.09. The Morgan fingerprint density at radius 2 is 2.24 bits per heavy atom. The fourth-order valence-electron chi connectivity index (χ4n) is 1.71. The van der Waals surface area contributed by atoms with Gasteiger partial charge in [0.2, 0.25) is 0 Å². The highest BCUT2D eigenvalue weighted by atomic mass is 35.5. The molecule has 0 saturated carbocycles. The van der Waals surface area contributed by atoms with Crippen LogP contribution in [0.2, 0.25) is 5.02 Å². The summed E-state index contributed by atoms with van der Waals surface area (Å²) in [4.78, 5) is 21.2. The SMILES string of the molecule is CCSc1cc(Cl)ccc1C(=O)NCc1nccc(N)n1. The van der Waals surface area contributed by atoms with Gasteiger partial charge in [0.15, 0.2) is 0 Å². The number of carbonyl (C=O) groups excluding carboxylic acids is 1. The van der Waals surface area contributed by atoms with Crippen molar-refractivity contribution in [2.24, 2.45) is 0 Å². The zero-order valence-electron chi connectivity index (χ0n) is 11.5. The number of hydrogen-bond donors (Lipinski definition) is 2. The van der Waals surface area contributed by atoms with Crippen LogP contribution in [0.1, 0.15) is 23.1 Å². The predicted molar refractivity (Wildman–Crippen MR) is 85.5 cm³/mol. The van der Waals surface area contributed by atoms with Gasteiger partial charge in [-0.05, 0) is 30.0 Å². The Hall–Kier alpha value is -1.79. The maximum Gasteiger partial charge on any atom is 0.252 e. The lowest BCUT2D eigenvalue weighted by Gasteiger charge is -2.09. The number of amides is 1. The molecule has 2 aromatic rings. The van der Waals surface area contributed by atoms with Crippen molar-refractivity contribution >= 4 is 35.1 Å². The first-order chi connectivity index (χ1) is 10.1. The maximum absolute atomic E-state index is 12.3. The molecule has 7 heteroatoms. The van der Waals surface area contributed by atoms with Gasteiger partial charge in [-0.2, -0.15) is 0 Å². The van der Waals surface area contributed by atoms with E-state index in [-0.39, 0.29) is 12.5 Å². The molecule has 21 heavy (non-hydrogen) atoms. The Bertz CT molecular complexity index is 651. The van der Waals surface area contributed by atoms with Crippen LogP contribution >= 0.6 is 23.4 Å². The third kappa shape index (κ3) is 4.34. The second-order valence-electron chi connectivity index (χ2n) is 4.15. The standard InChI is InChI=1S/C14H15ClN4OS/c1-2-21-11-7-9(15)3-4-10(11)14(20)18-8-13-17-6-5-12(16)19-13/h3-7H,2,8H2,1H3,(H,18,20)(H2,16,17,19). The summed E-state index contributed by atoms with van der Waals surface area (Å²) in [6.07, 6.45) is 1.56. The van der Waals surface area contributed by atoms with E-state index in [0.717, 1.165) is 10.6 Å². The van der Waals surface area contributed by atoms with Crippen LogP contribution in [0.4, 0.5) is 5.82 Å². The summed E-state index contributed by atoms with van der Waals surface area (Å²) in [5, 5.41) is 3.40. The van der Waals surface area contributed by atoms with Gasteiger partial charge in [0.05, 0.1) is 12.1 Å². The zero-order chi connectivity index (χ0) is 15.2. The van der Waals surface area contributed by atoms with Gasteiger partial charge in [0.25, 0.3) is 5.91 Å². The zero-order valence-corrected chi connectivity index (χ0v) is 13.0. The van der Waals surface area contributed by atoms with E-state index in [9.17, 15) is 4.79 Å². The number of thioether (sulfide) groups is 1. The smallest absolute Gasteiger partial charge is 0.252 e. The monoisotopic (exact) mass is 322 g/mol. The highest BCUT2D eigenvalue weighted by Crippen LogP contribution is 2.26. The van der Waals surface area contributed by atoms with Crippen LogP contribution in [0.15, 0.2) is 35.4 Å². The summed E-state index contributed by atoms with van der Waals surface area (Å²) < 4.78 is 0. The number of carbonyl (C=O) groups is 1. The van der Waals surface area contributed by atoms with Gasteiger partial charge in [-0.3, -0.25) is 4.79 Å². The second-order valence-corrected chi connectivity index (χ2v) is 5.90. The minimum absolute atomic E-state index is 0.186. The highest BCUT2D eigenvalue weighted by Gasteiger charge is 2.12. The summed E-state index contributed by atoms with van der Waals surface area (Å²) in [7, 11) is 0. The van der Waals surface area contributed by atoms with Gasteiger partial charge in [0, 0.05) is 16.1 Å². The number of benzene rings is 1. The minimum Gasteiger partial charge on any atom is -0.384 e. The van der Waals surface area contributed by atoms with E-state index >= 15 is 0 Å². The van der Waals surface area contributed by atoms with Crippen molar-refractivity contribution in [3.63, 3.8) is 0 Å². The molecule has 5 nitrogen and oxygen atoms in total. The molecule has 1 aromatic heterocycles. The lowest BCUT2D eigenvalue weighted by atomic mass is 10.2. The van der Waals surface area contributed by atoms with Crippen molar-refractivity contribution in [3.8, 4) is 0 Å². The minimum atomic E-state index is -0.186. The number of nitrogens with two attached hydrogens (primary N) is 1. The average Bonchev–Trinajstić information content (AvgIpc) is 2.45. The normalized spacial score (nSPS) is 10.4. The molecule has 0 aliphatic rings. The molecule has 110 valence electrons. The van der Waals surface area contributed by atoms with Gasteiger partial charge >= 0.3 is 0 Å². The fourth-order valence-corrected chi connectivity index (χ4v) is 2.79. The van der Waals surface area contributed by atoms with E-state index in [2.05, 4.69) is 15.3 Å². The van der Waals surface area contributed by atoms with E-state index in [4.69, 9.17) is 17.3 Å². The topological polar surface area (TPSA) is 80.9 Å². The van der Waals surface area contributed by atoms with Crippen LogP contribution < -0.4 is 11.1 Å². The number of rotatable bonds is 5. The molecule has 0 saturated heterocycles. The number of nitrogens with zero attached hydrogens (tertiary/aromatic N) is 2. The molecule has 0 fully saturated rings. The summed E-state index contributed by atoms with van der Waals surface area (Å²) >= 11 is 7.54. The van der Waals surface area contributed by atoms with Crippen LogP contribution in [-0.2, 0) is 6.54 Å². The Labute approximate surface area is 132 Å². The molecule has 0 radical (unpaired) electrons. The first-order valence-corrected chi connectivity index (χ1v) is 7.74. The van der Waals surface area contributed by atoms with Crippen LogP contribution in [0.25, 0.3) is 0 Å². The highest BCUT2D eigenvalue weighted by molar-refractivity contribution is 7.99. The number of nitrogen functional groups attached to an aromatic ring is 1. The van der Waals surface area contributed by atoms with E-state index in [1.807, 2.05) is 6.92 Å². The first kappa shape index (κ1) is 15.6. The average molecular weight is 323 g/mol. The molecule has 1 aromatic carbocycles. The molecule has 3 N–H and O–H groups in total. The third-order valence-corrected chi connectivity index (χ3v) is 3.79. The summed E-state index contributed by atoms with van der Waals surface area (Å²) in [6, 6.07) is 6.81. The quantitative estimate of drug-likeness (QED) is 0.827. The lowest BCUT2D eigenvalue weighted by molar-refractivity contribution is 0.0947. The summed E-state index contributed by atoms with van der Waals surface area (Å²) in [5.74, 6) is 1.53. The third-order valence-electron chi connectivity index (χ3n) is 2.62. The van der Waals surface area contributed by atoms with Crippen molar-refractivity contribution < 1.29 is 4.79 Å². The van der Waals surface area contributed by atoms with Gasteiger partial charge < -0.3 is 11.1 Å². The largest absolute Gasteiger partial charge is 0.384 e. The molecule has 0 aliphatic heterocycles. The van der Waals surface area contributed by atoms with Gasteiger partial charge in [-0.1, -0.05) is 18.5 Å². The van der Waals surface area contributed by atoms with E-state index in [1.54, 1.807) is 42.2 Å².